The van der Waals surface area contributed by atoms with Crippen molar-refractivity contribution in [3.8, 4) is 0 Å². The van der Waals surface area contributed by atoms with Gasteiger partial charge in [0, 0.05) is 36.1 Å². The smallest absolute Gasteiger partial charge is 0.173 e. The van der Waals surface area contributed by atoms with Gasteiger partial charge in [0.05, 0.1) is 11.4 Å². The second-order valence-electron chi connectivity index (χ2n) is 3.78. The van der Waals surface area contributed by atoms with Gasteiger partial charge in [-0.25, -0.2) is 8.42 Å². The van der Waals surface area contributed by atoms with Crippen LogP contribution in [0.1, 0.15) is 18.7 Å². The van der Waals surface area contributed by atoms with Crippen LogP contribution < -0.4 is 5.32 Å². The molecule has 0 bridgehead atoms. The molecule has 16 heavy (non-hydrogen) atoms. The summed E-state index contributed by atoms with van der Waals surface area (Å²) in [6.07, 6.45) is 6.57. The number of rotatable bonds is 3. The van der Waals surface area contributed by atoms with Crippen LogP contribution in [-0.2, 0) is 9.84 Å². The molecule has 2 heterocycles. The number of nitrogens with zero attached hydrogens (tertiary/aromatic N) is 2. The summed E-state index contributed by atoms with van der Waals surface area (Å²) in [5.74, 6) is 0.123. The highest BCUT2D eigenvalue weighted by atomic mass is 32.2. The van der Waals surface area contributed by atoms with Crippen LogP contribution in [0, 0.1) is 0 Å². The van der Waals surface area contributed by atoms with E-state index in [0.717, 1.165) is 5.69 Å². The van der Waals surface area contributed by atoms with Crippen molar-refractivity contribution in [2.45, 2.75) is 19.0 Å². The van der Waals surface area contributed by atoms with E-state index in [9.17, 15) is 8.42 Å². The molecule has 0 radical (unpaired) electrons. The molecule has 2 rings (SSSR count). The second-order valence-corrected chi connectivity index (χ2v) is 5.71. The molecule has 0 saturated carbocycles. The van der Waals surface area contributed by atoms with Gasteiger partial charge in [0.15, 0.2) is 9.84 Å². The predicted octanol–water partition coefficient (Wildman–Crippen LogP) is 0.438. The van der Waals surface area contributed by atoms with Crippen LogP contribution in [-0.4, -0.2) is 30.2 Å². The fourth-order valence-electron chi connectivity index (χ4n) is 1.62. The summed E-state index contributed by atoms with van der Waals surface area (Å²) in [5.41, 5.74) is 0.806. The minimum absolute atomic E-state index is 0.0170. The lowest BCUT2D eigenvalue weighted by atomic mass is 10.2. The second kappa shape index (κ2) is 4.31. The van der Waals surface area contributed by atoms with Crippen LogP contribution in [0.3, 0.4) is 0 Å². The molecule has 1 aromatic heterocycles. The first-order chi connectivity index (χ1) is 7.57. The zero-order chi connectivity index (χ0) is 11.6. The standard InChI is InChI=1S/C10H13N3O2S/c1-8(10-6-11-3-4-12-10)13-9-2-5-16(14,15)7-9/h2-6,8-9,13H,7H2,1H3. The van der Waals surface area contributed by atoms with E-state index in [2.05, 4.69) is 15.3 Å². The molecule has 1 aliphatic rings. The van der Waals surface area contributed by atoms with Crippen molar-refractivity contribution in [1.29, 1.82) is 0 Å². The summed E-state index contributed by atoms with van der Waals surface area (Å²) >= 11 is 0. The topological polar surface area (TPSA) is 72.0 Å². The first kappa shape index (κ1) is 11.2. The Bertz CT molecular complexity index is 484. The molecule has 2 unspecified atom stereocenters. The SMILES string of the molecule is CC(NC1C=CS(=O)(=O)C1)c1cnccn1. The molecular formula is C10H13N3O2S. The average Bonchev–Trinajstić information content (AvgIpc) is 2.59. The largest absolute Gasteiger partial charge is 0.301 e. The van der Waals surface area contributed by atoms with Gasteiger partial charge in [-0.1, -0.05) is 6.08 Å². The molecule has 6 heteroatoms. The summed E-state index contributed by atoms with van der Waals surface area (Å²) < 4.78 is 22.4. The Morgan fingerprint density at radius 2 is 2.31 bits per heavy atom. The van der Waals surface area contributed by atoms with Crippen LogP contribution in [0.2, 0.25) is 0 Å². The summed E-state index contributed by atoms with van der Waals surface area (Å²) in [6, 6.07) is -0.154. The van der Waals surface area contributed by atoms with E-state index in [1.807, 2.05) is 6.92 Å². The van der Waals surface area contributed by atoms with Gasteiger partial charge in [-0.05, 0) is 6.92 Å². The molecule has 1 aromatic rings. The Morgan fingerprint density at radius 3 is 2.88 bits per heavy atom. The van der Waals surface area contributed by atoms with Crippen LogP contribution in [0.25, 0.3) is 0 Å². The molecule has 0 spiro atoms. The van der Waals surface area contributed by atoms with Crippen molar-refractivity contribution in [3.63, 3.8) is 0 Å². The number of nitrogens with one attached hydrogen (secondary N) is 1. The van der Waals surface area contributed by atoms with Crippen molar-refractivity contribution in [2.75, 3.05) is 5.75 Å². The number of aromatic nitrogens is 2. The highest BCUT2D eigenvalue weighted by Crippen LogP contribution is 2.13. The number of hydrogen-bond acceptors (Lipinski definition) is 5. The van der Waals surface area contributed by atoms with Crippen LogP contribution in [0.5, 0.6) is 0 Å². The third-order valence-electron chi connectivity index (χ3n) is 2.42. The Hall–Kier alpha value is -1.27. The Morgan fingerprint density at radius 1 is 1.50 bits per heavy atom. The fourth-order valence-corrected chi connectivity index (χ4v) is 2.87. The fraction of sp³-hybridized carbons (Fsp3) is 0.400. The summed E-state index contributed by atoms with van der Waals surface area (Å²) in [7, 11) is -3.00. The summed E-state index contributed by atoms with van der Waals surface area (Å²) in [4.78, 5) is 8.13. The third-order valence-corrected chi connectivity index (χ3v) is 3.82. The van der Waals surface area contributed by atoms with Crippen molar-refractivity contribution in [1.82, 2.24) is 15.3 Å². The molecule has 5 nitrogen and oxygen atoms in total. The molecule has 0 amide bonds. The molecule has 0 aromatic carbocycles. The summed E-state index contributed by atoms with van der Waals surface area (Å²) in [6.45, 7) is 1.93. The lowest BCUT2D eigenvalue weighted by Crippen LogP contribution is -2.32. The van der Waals surface area contributed by atoms with E-state index in [0.29, 0.717) is 0 Å². The minimum Gasteiger partial charge on any atom is -0.301 e. The molecule has 2 atom stereocenters. The van der Waals surface area contributed by atoms with Crippen molar-refractivity contribution in [2.24, 2.45) is 0 Å². The van der Waals surface area contributed by atoms with Gasteiger partial charge >= 0.3 is 0 Å². The molecule has 0 saturated heterocycles. The molecule has 0 fully saturated rings. The van der Waals surface area contributed by atoms with Crippen LogP contribution in [0.4, 0.5) is 0 Å². The lowest BCUT2D eigenvalue weighted by molar-refractivity contribution is 0.524. The van der Waals surface area contributed by atoms with Crippen molar-refractivity contribution in [3.05, 3.63) is 35.8 Å². The molecule has 1 aliphatic heterocycles. The van der Waals surface area contributed by atoms with Crippen LogP contribution in [0.15, 0.2) is 30.1 Å². The highest BCUT2D eigenvalue weighted by molar-refractivity contribution is 7.94. The lowest BCUT2D eigenvalue weighted by Gasteiger charge is -2.16. The van der Waals surface area contributed by atoms with E-state index >= 15 is 0 Å². The molecule has 86 valence electrons. The first-order valence-electron chi connectivity index (χ1n) is 5.00. The van der Waals surface area contributed by atoms with Gasteiger partial charge in [0.25, 0.3) is 0 Å². The van der Waals surface area contributed by atoms with Crippen LogP contribution >= 0.6 is 0 Å². The highest BCUT2D eigenvalue weighted by Gasteiger charge is 2.23. The van der Waals surface area contributed by atoms with E-state index in [1.54, 1.807) is 24.7 Å². The predicted molar refractivity (Wildman–Crippen MR) is 60.3 cm³/mol. The monoisotopic (exact) mass is 239 g/mol. The van der Waals surface area contributed by atoms with Crippen molar-refractivity contribution >= 4 is 9.84 Å². The van der Waals surface area contributed by atoms with Gasteiger partial charge in [0.2, 0.25) is 0 Å². The van der Waals surface area contributed by atoms with Gasteiger partial charge in [-0.2, -0.15) is 0 Å². The maximum Gasteiger partial charge on any atom is 0.173 e. The molecule has 0 aliphatic carbocycles. The van der Waals surface area contributed by atoms with Gasteiger partial charge < -0.3 is 5.32 Å². The minimum atomic E-state index is -3.00. The quantitative estimate of drug-likeness (QED) is 0.828. The normalized spacial score (nSPS) is 24.4. The zero-order valence-corrected chi connectivity index (χ0v) is 9.68. The Balaban J connectivity index is 2.00. The summed E-state index contributed by atoms with van der Waals surface area (Å²) in [5, 5.41) is 4.44. The maximum atomic E-state index is 11.2. The van der Waals surface area contributed by atoms with Crippen molar-refractivity contribution < 1.29 is 8.42 Å². The van der Waals surface area contributed by atoms with E-state index in [-0.39, 0.29) is 17.8 Å². The average molecular weight is 239 g/mol. The van der Waals surface area contributed by atoms with E-state index < -0.39 is 9.84 Å². The first-order valence-corrected chi connectivity index (χ1v) is 6.71. The maximum absolute atomic E-state index is 11.2. The molecular weight excluding hydrogens is 226 g/mol. The molecule has 1 N–H and O–H groups in total. The van der Waals surface area contributed by atoms with E-state index in [4.69, 9.17) is 0 Å². The Kier molecular flexibility index (Phi) is 3.02. The third kappa shape index (κ3) is 2.65. The zero-order valence-electron chi connectivity index (χ0n) is 8.87. The van der Waals surface area contributed by atoms with Gasteiger partial charge in [0.1, 0.15) is 0 Å². The Labute approximate surface area is 94.5 Å². The number of sulfone groups is 1. The van der Waals surface area contributed by atoms with Gasteiger partial charge in [-0.15, -0.1) is 0 Å². The van der Waals surface area contributed by atoms with Gasteiger partial charge in [-0.3, -0.25) is 9.97 Å². The number of hydrogen-bond donors (Lipinski definition) is 1. The van der Waals surface area contributed by atoms with E-state index in [1.165, 1.54) is 5.41 Å².